The van der Waals surface area contributed by atoms with Crippen molar-refractivity contribution in [3.8, 4) is 11.8 Å². The van der Waals surface area contributed by atoms with Crippen molar-refractivity contribution in [2.75, 3.05) is 6.61 Å². The Labute approximate surface area is 128 Å². The maximum absolute atomic E-state index is 12.3. The van der Waals surface area contributed by atoms with Crippen molar-refractivity contribution < 1.29 is 9.90 Å². The highest BCUT2D eigenvalue weighted by Crippen LogP contribution is 2.12. The number of thiophene rings is 1. The van der Waals surface area contributed by atoms with Crippen molar-refractivity contribution in [1.29, 1.82) is 0 Å². The molecule has 2 rings (SSSR count). The first kappa shape index (κ1) is 15.3. The number of rotatable bonds is 4. The van der Waals surface area contributed by atoms with E-state index in [1.54, 1.807) is 17.4 Å². The minimum absolute atomic E-state index is 0.0263. The molecule has 3 nitrogen and oxygen atoms in total. The quantitative estimate of drug-likeness (QED) is 0.853. The average molecular weight is 299 g/mol. The number of aliphatic hydroxyl groups excluding tert-OH is 1. The zero-order chi connectivity index (χ0) is 15.1. The first-order valence-electron chi connectivity index (χ1n) is 6.70. The van der Waals surface area contributed by atoms with Gasteiger partial charge in [0.05, 0.1) is 12.2 Å². The van der Waals surface area contributed by atoms with Crippen LogP contribution in [0.5, 0.6) is 0 Å². The molecule has 2 aromatic rings. The topological polar surface area (TPSA) is 49.3 Å². The number of carbonyl (C=O) groups is 1. The molecule has 21 heavy (non-hydrogen) atoms. The summed E-state index contributed by atoms with van der Waals surface area (Å²) in [6, 6.07) is 7.57. The molecule has 0 atom stereocenters. The summed E-state index contributed by atoms with van der Waals surface area (Å²) in [5.74, 6) is 5.70. The zero-order valence-electron chi connectivity index (χ0n) is 11.8. The van der Waals surface area contributed by atoms with Gasteiger partial charge in [-0.05, 0) is 47.0 Å². The fourth-order valence-electron chi connectivity index (χ4n) is 1.84. The number of aryl methyl sites for hydroxylation is 1. The molecule has 2 N–H and O–H groups in total. The molecule has 0 unspecified atom stereocenters. The fraction of sp³-hybridized carbons (Fsp3) is 0.235. The van der Waals surface area contributed by atoms with E-state index in [0.29, 0.717) is 24.1 Å². The van der Waals surface area contributed by atoms with E-state index in [4.69, 9.17) is 5.11 Å². The molecule has 0 aliphatic rings. The van der Waals surface area contributed by atoms with Crippen LogP contribution in [0.25, 0.3) is 0 Å². The smallest absolute Gasteiger partial charge is 0.252 e. The average Bonchev–Trinajstić information content (AvgIpc) is 2.98. The van der Waals surface area contributed by atoms with Gasteiger partial charge in [0.15, 0.2) is 0 Å². The van der Waals surface area contributed by atoms with Crippen molar-refractivity contribution >= 4 is 17.2 Å². The summed E-state index contributed by atoms with van der Waals surface area (Å²) in [6.45, 7) is 2.50. The summed E-state index contributed by atoms with van der Waals surface area (Å²) in [5.41, 5.74) is 3.42. The third kappa shape index (κ3) is 4.45. The Bertz CT molecular complexity index is 666. The van der Waals surface area contributed by atoms with Crippen LogP contribution < -0.4 is 5.32 Å². The second-order valence-electron chi connectivity index (χ2n) is 4.64. The van der Waals surface area contributed by atoms with Gasteiger partial charge in [0.25, 0.3) is 5.91 Å². The molecule has 0 spiro atoms. The summed E-state index contributed by atoms with van der Waals surface area (Å²) in [7, 11) is 0. The number of nitrogens with one attached hydrogen (secondary N) is 1. The minimum Gasteiger partial charge on any atom is -0.395 e. The highest BCUT2D eigenvalue weighted by Gasteiger charge is 2.10. The van der Waals surface area contributed by atoms with Gasteiger partial charge in [0.1, 0.15) is 0 Å². The van der Waals surface area contributed by atoms with E-state index in [1.165, 1.54) is 0 Å². The third-order valence-electron chi connectivity index (χ3n) is 2.91. The fourth-order valence-corrected chi connectivity index (χ4v) is 2.51. The molecule has 0 saturated carbocycles. The van der Waals surface area contributed by atoms with Gasteiger partial charge in [-0.3, -0.25) is 4.79 Å². The van der Waals surface area contributed by atoms with Gasteiger partial charge in [-0.25, -0.2) is 0 Å². The second-order valence-corrected chi connectivity index (χ2v) is 5.42. The Morgan fingerprint density at radius 3 is 2.95 bits per heavy atom. The molecule has 0 fully saturated rings. The van der Waals surface area contributed by atoms with Crippen molar-refractivity contribution in [2.24, 2.45) is 0 Å². The Kier molecular flexibility index (Phi) is 5.56. The maximum atomic E-state index is 12.3. The first-order chi connectivity index (χ1) is 10.2. The van der Waals surface area contributed by atoms with E-state index in [0.717, 1.165) is 11.1 Å². The van der Waals surface area contributed by atoms with E-state index in [1.807, 2.05) is 35.9 Å². The molecule has 1 aromatic carbocycles. The highest BCUT2D eigenvalue weighted by molar-refractivity contribution is 7.07. The van der Waals surface area contributed by atoms with E-state index >= 15 is 0 Å². The van der Waals surface area contributed by atoms with E-state index in [-0.39, 0.29) is 12.5 Å². The lowest BCUT2D eigenvalue weighted by atomic mass is 10.0. The molecule has 1 aromatic heterocycles. The van der Waals surface area contributed by atoms with Crippen molar-refractivity contribution in [1.82, 2.24) is 5.32 Å². The van der Waals surface area contributed by atoms with Gasteiger partial charge < -0.3 is 10.4 Å². The van der Waals surface area contributed by atoms with Gasteiger partial charge in [-0.2, -0.15) is 11.3 Å². The van der Waals surface area contributed by atoms with Gasteiger partial charge in [0, 0.05) is 18.5 Å². The van der Waals surface area contributed by atoms with E-state index in [2.05, 4.69) is 17.2 Å². The van der Waals surface area contributed by atoms with Crippen LogP contribution in [0, 0.1) is 18.8 Å². The van der Waals surface area contributed by atoms with Gasteiger partial charge >= 0.3 is 0 Å². The lowest BCUT2D eigenvalue weighted by Crippen LogP contribution is -2.23. The standard InChI is InChI=1S/C17H17NO2S/c1-13-5-6-16(15(10-13)4-2-3-8-19)17(20)18-11-14-7-9-21-12-14/h5-7,9-10,12,19H,3,8,11H2,1H3,(H,18,20). The molecule has 0 saturated heterocycles. The minimum atomic E-state index is -0.130. The second kappa shape index (κ2) is 7.63. The highest BCUT2D eigenvalue weighted by atomic mass is 32.1. The van der Waals surface area contributed by atoms with Crippen molar-refractivity contribution in [3.05, 3.63) is 57.3 Å². The van der Waals surface area contributed by atoms with E-state index < -0.39 is 0 Å². The predicted molar refractivity (Wildman–Crippen MR) is 85.2 cm³/mol. The zero-order valence-corrected chi connectivity index (χ0v) is 12.7. The summed E-state index contributed by atoms with van der Waals surface area (Å²) in [6.07, 6.45) is 0.407. The Morgan fingerprint density at radius 2 is 2.24 bits per heavy atom. The van der Waals surface area contributed by atoms with Crippen LogP contribution >= 0.6 is 11.3 Å². The number of benzene rings is 1. The molecule has 0 aliphatic heterocycles. The number of amides is 1. The summed E-state index contributed by atoms with van der Waals surface area (Å²) < 4.78 is 0. The van der Waals surface area contributed by atoms with Crippen LogP contribution in [0.4, 0.5) is 0 Å². The Balaban J connectivity index is 2.14. The van der Waals surface area contributed by atoms with Gasteiger partial charge in [-0.15, -0.1) is 0 Å². The van der Waals surface area contributed by atoms with E-state index in [9.17, 15) is 4.79 Å². The van der Waals surface area contributed by atoms with Crippen LogP contribution in [0.1, 0.15) is 33.5 Å². The summed E-state index contributed by atoms with van der Waals surface area (Å²) in [5, 5.41) is 15.7. The molecule has 1 amide bonds. The number of carbonyl (C=O) groups excluding carboxylic acids is 1. The Hall–Kier alpha value is -2.09. The van der Waals surface area contributed by atoms with Crippen LogP contribution in [0.3, 0.4) is 0 Å². The molecule has 4 heteroatoms. The number of hydrogen-bond donors (Lipinski definition) is 2. The summed E-state index contributed by atoms with van der Waals surface area (Å²) >= 11 is 1.61. The monoisotopic (exact) mass is 299 g/mol. The summed E-state index contributed by atoms with van der Waals surface area (Å²) in [4.78, 5) is 12.3. The lowest BCUT2D eigenvalue weighted by molar-refractivity contribution is 0.0950. The largest absolute Gasteiger partial charge is 0.395 e. The van der Waals surface area contributed by atoms with Crippen molar-refractivity contribution in [2.45, 2.75) is 19.9 Å². The molecule has 1 heterocycles. The molecule has 108 valence electrons. The molecular weight excluding hydrogens is 282 g/mol. The van der Waals surface area contributed by atoms with Crippen molar-refractivity contribution in [3.63, 3.8) is 0 Å². The first-order valence-corrected chi connectivity index (χ1v) is 7.64. The van der Waals surface area contributed by atoms with Crippen LogP contribution in [-0.2, 0) is 6.54 Å². The van der Waals surface area contributed by atoms with Gasteiger partial charge in [-0.1, -0.05) is 17.9 Å². The Morgan fingerprint density at radius 1 is 1.38 bits per heavy atom. The van der Waals surface area contributed by atoms with Crippen LogP contribution in [-0.4, -0.2) is 17.6 Å². The van der Waals surface area contributed by atoms with Crippen LogP contribution in [0.2, 0.25) is 0 Å². The lowest BCUT2D eigenvalue weighted by Gasteiger charge is -2.07. The maximum Gasteiger partial charge on any atom is 0.252 e. The third-order valence-corrected chi connectivity index (χ3v) is 3.64. The molecule has 0 radical (unpaired) electrons. The predicted octanol–water partition coefficient (Wildman–Crippen LogP) is 2.72. The molecular formula is C17H17NO2S. The number of hydrogen-bond acceptors (Lipinski definition) is 3. The normalized spacial score (nSPS) is 9.81. The van der Waals surface area contributed by atoms with Crippen LogP contribution in [0.15, 0.2) is 35.0 Å². The number of aliphatic hydroxyl groups is 1. The van der Waals surface area contributed by atoms with Gasteiger partial charge in [0.2, 0.25) is 0 Å². The molecule has 0 aliphatic carbocycles. The SMILES string of the molecule is Cc1ccc(C(=O)NCc2ccsc2)c(C#CCCO)c1. The molecule has 0 bridgehead atoms.